The molecule has 1 saturated heterocycles. The van der Waals surface area contributed by atoms with E-state index in [1.54, 1.807) is 43.5 Å². The van der Waals surface area contributed by atoms with E-state index in [1.165, 1.54) is 0 Å². The molecule has 1 heterocycles. The monoisotopic (exact) mass is 385 g/mol. The molecule has 3 rings (SSSR count). The standard InChI is InChI=1S/C20H23N3O3S/c1-25-17-10-8-15(9-11-17)22-19(24)14-4-6-16(7-5-14)23-20(27)21-13-18-3-2-12-26-18/h4-11,18H,2-3,12-13H2,1H3,(H,22,24)(H2,21,23,27)/t18-/m1/s1. The van der Waals surface area contributed by atoms with Gasteiger partial charge in [-0.2, -0.15) is 0 Å². The van der Waals surface area contributed by atoms with Crippen LogP contribution in [0.4, 0.5) is 11.4 Å². The summed E-state index contributed by atoms with van der Waals surface area (Å²) in [4.78, 5) is 12.3. The zero-order chi connectivity index (χ0) is 19.1. The maximum atomic E-state index is 12.3. The molecule has 0 aliphatic carbocycles. The largest absolute Gasteiger partial charge is 0.497 e. The number of rotatable bonds is 6. The summed E-state index contributed by atoms with van der Waals surface area (Å²) in [7, 11) is 1.60. The van der Waals surface area contributed by atoms with E-state index in [2.05, 4.69) is 16.0 Å². The number of thiocarbonyl (C=S) groups is 1. The first-order valence-corrected chi connectivity index (χ1v) is 9.27. The average Bonchev–Trinajstić information content (AvgIpc) is 3.21. The van der Waals surface area contributed by atoms with Crippen molar-refractivity contribution in [2.24, 2.45) is 0 Å². The van der Waals surface area contributed by atoms with Crippen molar-refractivity contribution in [2.45, 2.75) is 18.9 Å². The number of nitrogens with one attached hydrogen (secondary N) is 3. The van der Waals surface area contributed by atoms with Gasteiger partial charge in [-0.15, -0.1) is 0 Å². The quantitative estimate of drug-likeness (QED) is 0.662. The van der Waals surface area contributed by atoms with Gasteiger partial charge in [-0.1, -0.05) is 0 Å². The Morgan fingerprint density at radius 2 is 1.78 bits per heavy atom. The molecule has 2 aromatic carbocycles. The molecule has 7 heteroatoms. The predicted octanol–water partition coefficient (Wildman–Crippen LogP) is 3.41. The molecule has 27 heavy (non-hydrogen) atoms. The van der Waals surface area contributed by atoms with Crippen LogP contribution in [0.15, 0.2) is 48.5 Å². The Kier molecular flexibility index (Phi) is 6.62. The molecule has 2 aromatic rings. The zero-order valence-corrected chi connectivity index (χ0v) is 16.0. The number of hydrogen-bond donors (Lipinski definition) is 3. The van der Waals surface area contributed by atoms with Crippen molar-refractivity contribution in [1.29, 1.82) is 0 Å². The minimum atomic E-state index is -0.175. The van der Waals surface area contributed by atoms with E-state index in [9.17, 15) is 4.79 Å². The first-order valence-electron chi connectivity index (χ1n) is 8.86. The normalized spacial score (nSPS) is 15.8. The number of hydrogen-bond acceptors (Lipinski definition) is 4. The van der Waals surface area contributed by atoms with Gasteiger partial charge in [0.25, 0.3) is 5.91 Å². The van der Waals surface area contributed by atoms with Crippen LogP contribution in [0.25, 0.3) is 0 Å². The molecule has 0 aromatic heterocycles. The minimum absolute atomic E-state index is 0.175. The Balaban J connectivity index is 1.49. The summed E-state index contributed by atoms with van der Waals surface area (Å²) in [5, 5.41) is 9.67. The van der Waals surface area contributed by atoms with Gasteiger partial charge in [-0.3, -0.25) is 4.79 Å². The van der Waals surface area contributed by atoms with Crippen LogP contribution < -0.4 is 20.7 Å². The van der Waals surface area contributed by atoms with Crippen LogP contribution in [0.1, 0.15) is 23.2 Å². The molecule has 1 aliphatic heterocycles. The zero-order valence-electron chi connectivity index (χ0n) is 15.2. The first-order chi connectivity index (χ1) is 13.1. The number of carbonyl (C=O) groups excluding carboxylic acids is 1. The summed E-state index contributed by atoms with van der Waals surface area (Å²) in [6.07, 6.45) is 2.40. The molecule has 6 nitrogen and oxygen atoms in total. The van der Waals surface area contributed by atoms with Crippen LogP contribution in [0.5, 0.6) is 5.75 Å². The molecule has 1 amide bonds. The lowest BCUT2D eigenvalue weighted by molar-refractivity contribution is 0.102. The van der Waals surface area contributed by atoms with Crippen molar-refractivity contribution in [1.82, 2.24) is 5.32 Å². The molecule has 3 N–H and O–H groups in total. The highest BCUT2D eigenvalue weighted by molar-refractivity contribution is 7.80. The van der Waals surface area contributed by atoms with Gasteiger partial charge in [0.05, 0.1) is 13.2 Å². The number of ether oxygens (including phenoxy) is 2. The van der Waals surface area contributed by atoms with E-state index in [1.807, 2.05) is 12.1 Å². The third kappa shape index (κ3) is 5.67. The third-order valence-electron chi connectivity index (χ3n) is 4.27. The highest BCUT2D eigenvalue weighted by Crippen LogP contribution is 2.17. The topological polar surface area (TPSA) is 71.6 Å². The Bertz CT molecular complexity index is 772. The van der Waals surface area contributed by atoms with E-state index in [4.69, 9.17) is 21.7 Å². The van der Waals surface area contributed by atoms with E-state index in [-0.39, 0.29) is 12.0 Å². The maximum Gasteiger partial charge on any atom is 0.255 e. The van der Waals surface area contributed by atoms with Crippen LogP contribution in [0.3, 0.4) is 0 Å². The molecule has 0 unspecified atom stereocenters. The molecule has 0 radical (unpaired) electrons. The third-order valence-corrected chi connectivity index (χ3v) is 4.51. The number of methoxy groups -OCH3 is 1. The molecule has 142 valence electrons. The number of anilines is 2. The lowest BCUT2D eigenvalue weighted by Gasteiger charge is -2.14. The van der Waals surface area contributed by atoms with Gasteiger partial charge in [0.2, 0.25) is 0 Å². The number of benzene rings is 2. The van der Waals surface area contributed by atoms with Crippen LogP contribution in [0, 0.1) is 0 Å². The Labute approximate surface area is 164 Å². The fraction of sp³-hybridized carbons (Fsp3) is 0.300. The van der Waals surface area contributed by atoms with Crippen molar-refractivity contribution in [2.75, 3.05) is 30.9 Å². The Morgan fingerprint density at radius 3 is 2.41 bits per heavy atom. The number of carbonyl (C=O) groups is 1. The van der Waals surface area contributed by atoms with E-state index < -0.39 is 0 Å². The first kappa shape index (κ1) is 19.1. The predicted molar refractivity (Wildman–Crippen MR) is 111 cm³/mol. The van der Waals surface area contributed by atoms with Crippen molar-refractivity contribution in [3.8, 4) is 5.75 Å². The molecule has 1 aliphatic rings. The second-order valence-electron chi connectivity index (χ2n) is 6.23. The van der Waals surface area contributed by atoms with Gasteiger partial charge in [-0.25, -0.2) is 0 Å². The molecular weight excluding hydrogens is 362 g/mol. The smallest absolute Gasteiger partial charge is 0.255 e. The van der Waals surface area contributed by atoms with Gasteiger partial charge < -0.3 is 25.4 Å². The summed E-state index contributed by atoms with van der Waals surface area (Å²) < 4.78 is 10.7. The van der Waals surface area contributed by atoms with E-state index in [0.717, 1.165) is 30.9 Å². The van der Waals surface area contributed by atoms with Crippen molar-refractivity contribution >= 4 is 34.6 Å². The fourth-order valence-corrected chi connectivity index (χ4v) is 2.97. The van der Waals surface area contributed by atoms with Gasteiger partial charge in [0.15, 0.2) is 5.11 Å². The van der Waals surface area contributed by atoms with Crippen LogP contribution in [-0.2, 0) is 4.74 Å². The second kappa shape index (κ2) is 9.34. The number of amides is 1. The fourth-order valence-electron chi connectivity index (χ4n) is 2.77. The van der Waals surface area contributed by atoms with Gasteiger partial charge in [0, 0.05) is 30.1 Å². The van der Waals surface area contributed by atoms with Crippen LogP contribution in [0.2, 0.25) is 0 Å². The van der Waals surface area contributed by atoms with E-state index >= 15 is 0 Å². The molecule has 1 atom stereocenters. The highest BCUT2D eigenvalue weighted by atomic mass is 32.1. The molecule has 1 fully saturated rings. The van der Waals surface area contributed by atoms with Gasteiger partial charge in [0.1, 0.15) is 5.75 Å². The second-order valence-corrected chi connectivity index (χ2v) is 6.64. The highest BCUT2D eigenvalue weighted by Gasteiger charge is 2.15. The lowest BCUT2D eigenvalue weighted by Crippen LogP contribution is -2.34. The van der Waals surface area contributed by atoms with Gasteiger partial charge >= 0.3 is 0 Å². The molecule has 0 spiro atoms. The Morgan fingerprint density at radius 1 is 1.11 bits per heavy atom. The summed E-state index contributed by atoms with van der Waals surface area (Å²) in [5.41, 5.74) is 2.10. The average molecular weight is 385 g/mol. The van der Waals surface area contributed by atoms with Gasteiger partial charge in [-0.05, 0) is 73.6 Å². The summed E-state index contributed by atoms with van der Waals surface area (Å²) in [6, 6.07) is 14.3. The molecule has 0 bridgehead atoms. The maximum absolute atomic E-state index is 12.3. The lowest BCUT2D eigenvalue weighted by atomic mass is 10.2. The summed E-state index contributed by atoms with van der Waals surface area (Å²) >= 11 is 5.29. The summed E-state index contributed by atoms with van der Waals surface area (Å²) in [6.45, 7) is 1.53. The minimum Gasteiger partial charge on any atom is -0.497 e. The van der Waals surface area contributed by atoms with Crippen molar-refractivity contribution < 1.29 is 14.3 Å². The molecular formula is C20H23N3O3S. The van der Waals surface area contributed by atoms with Crippen molar-refractivity contribution in [3.05, 3.63) is 54.1 Å². The SMILES string of the molecule is COc1ccc(NC(=O)c2ccc(NC(=S)NC[C@H]3CCCO3)cc2)cc1. The van der Waals surface area contributed by atoms with E-state index in [0.29, 0.717) is 22.9 Å². The summed E-state index contributed by atoms with van der Waals surface area (Å²) in [5.74, 6) is 0.568. The molecule has 0 saturated carbocycles. The van der Waals surface area contributed by atoms with Crippen molar-refractivity contribution in [3.63, 3.8) is 0 Å². The Hall–Kier alpha value is -2.64. The van der Waals surface area contributed by atoms with Crippen LogP contribution >= 0.6 is 12.2 Å². The van der Waals surface area contributed by atoms with Crippen LogP contribution in [-0.4, -0.2) is 37.4 Å².